The molecule has 0 aliphatic carbocycles. The van der Waals surface area contributed by atoms with E-state index in [1.54, 1.807) is 12.2 Å². The molecule has 2 N–H and O–H groups in total. The van der Waals surface area contributed by atoms with E-state index >= 15 is 0 Å². The normalized spacial score (nSPS) is 12.1. The van der Waals surface area contributed by atoms with Gasteiger partial charge in [-0.25, -0.2) is 0 Å². The molecular formula is C12H18O4. The smallest absolute Gasteiger partial charge is 0.307 e. The van der Waals surface area contributed by atoms with E-state index in [9.17, 15) is 9.59 Å². The second-order valence-electron chi connectivity index (χ2n) is 3.78. The van der Waals surface area contributed by atoms with Gasteiger partial charge in [0.25, 0.3) is 0 Å². The lowest BCUT2D eigenvalue weighted by Crippen LogP contribution is -2.21. The molecule has 0 aliphatic heterocycles. The van der Waals surface area contributed by atoms with E-state index < -0.39 is 17.9 Å². The molecule has 1 atom stereocenters. The molecule has 1 unspecified atom stereocenters. The minimum absolute atomic E-state index is 0.107. The van der Waals surface area contributed by atoms with E-state index in [0.29, 0.717) is 19.3 Å². The van der Waals surface area contributed by atoms with Crippen LogP contribution in [0.15, 0.2) is 25.3 Å². The summed E-state index contributed by atoms with van der Waals surface area (Å²) in [4.78, 5) is 21.4. The molecule has 16 heavy (non-hydrogen) atoms. The predicted octanol–water partition coefficient (Wildman–Crippen LogP) is 2.32. The zero-order valence-corrected chi connectivity index (χ0v) is 9.26. The summed E-state index contributed by atoms with van der Waals surface area (Å²) in [7, 11) is 0. The highest BCUT2D eigenvalue weighted by Crippen LogP contribution is 2.22. The highest BCUT2D eigenvalue weighted by molar-refractivity contribution is 5.77. The Morgan fingerprint density at radius 3 is 1.94 bits per heavy atom. The van der Waals surface area contributed by atoms with Crippen LogP contribution < -0.4 is 0 Å². The molecule has 0 aromatic rings. The van der Waals surface area contributed by atoms with Crippen molar-refractivity contribution >= 4 is 11.9 Å². The summed E-state index contributed by atoms with van der Waals surface area (Å²) in [6, 6.07) is 0. The molecule has 90 valence electrons. The third-order valence-electron chi connectivity index (χ3n) is 2.39. The number of hydrogen-bond donors (Lipinski definition) is 2. The molecule has 4 nitrogen and oxygen atoms in total. The van der Waals surface area contributed by atoms with Gasteiger partial charge in [-0.3, -0.25) is 9.59 Å². The van der Waals surface area contributed by atoms with Gasteiger partial charge >= 0.3 is 11.9 Å². The third-order valence-corrected chi connectivity index (χ3v) is 2.39. The second-order valence-corrected chi connectivity index (χ2v) is 3.78. The van der Waals surface area contributed by atoms with Crippen LogP contribution in [0.1, 0.15) is 25.7 Å². The Hall–Kier alpha value is -1.58. The fourth-order valence-corrected chi connectivity index (χ4v) is 1.64. The van der Waals surface area contributed by atoms with Crippen LogP contribution in [0.4, 0.5) is 0 Å². The number of carboxylic acids is 2. The van der Waals surface area contributed by atoms with Crippen molar-refractivity contribution < 1.29 is 19.8 Å². The van der Waals surface area contributed by atoms with Crippen molar-refractivity contribution in [2.75, 3.05) is 0 Å². The Balaban J connectivity index is 4.42. The van der Waals surface area contributed by atoms with Gasteiger partial charge in [-0.1, -0.05) is 12.2 Å². The summed E-state index contributed by atoms with van der Waals surface area (Å²) < 4.78 is 0. The van der Waals surface area contributed by atoms with E-state index in [1.807, 2.05) is 0 Å². The van der Waals surface area contributed by atoms with Crippen molar-refractivity contribution in [1.82, 2.24) is 0 Å². The van der Waals surface area contributed by atoms with Crippen molar-refractivity contribution in [2.45, 2.75) is 25.7 Å². The van der Waals surface area contributed by atoms with Gasteiger partial charge in [0.1, 0.15) is 0 Å². The van der Waals surface area contributed by atoms with E-state index in [4.69, 9.17) is 10.2 Å². The monoisotopic (exact) mass is 226 g/mol. The number of carboxylic acid groups (broad SMARTS) is 2. The van der Waals surface area contributed by atoms with E-state index in [0.717, 1.165) is 0 Å². The first-order valence-corrected chi connectivity index (χ1v) is 5.17. The zero-order chi connectivity index (χ0) is 12.6. The fourth-order valence-electron chi connectivity index (χ4n) is 1.64. The minimum Gasteiger partial charge on any atom is -0.481 e. The fraction of sp³-hybridized carbons (Fsp3) is 0.500. The van der Waals surface area contributed by atoms with Gasteiger partial charge in [0, 0.05) is 0 Å². The summed E-state index contributed by atoms with van der Waals surface area (Å²) in [5.74, 6) is -2.86. The average Bonchev–Trinajstić information content (AvgIpc) is 2.16. The number of carbonyl (C=O) groups is 2. The van der Waals surface area contributed by atoms with Crippen LogP contribution in [0.5, 0.6) is 0 Å². The highest BCUT2D eigenvalue weighted by atomic mass is 16.4. The molecule has 0 spiro atoms. The molecule has 0 fully saturated rings. The van der Waals surface area contributed by atoms with Crippen LogP contribution in [0, 0.1) is 11.8 Å². The van der Waals surface area contributed by atoms with Crippen LogP contribution in [0.2, 0.25) is 0 Å². The standard InChI is InChI=1S/C12H18O4/c1-3-5-9(6-4-2)7-10(12(15)16)8-11(13)14/h3-4,9-10H,1-2,5-8H2,(H,13,14)(H,15,16). The maximum atomic E-state index is 10.9. The Morgan fingerprint density at radius 2 is 1.62 bits per heavy atom. The van der Waals surface area contributed by atoms with E-state index in [2.05, 4.69) is 13.2 Å². The molecule has 0 saturated carbocycles. The van der Waals surface area contributed by atoms with Gasteiger partial charge in [0.2, 0.25) is 0 Å². The van der Waals surface area contributed by atoms with Gasteiger partial charge < -0.3 is 10.2 Å². The van der Waals surface area contributed by atoms with Crippen molar-refractivity contribution in [3.05, 3.63) is 25.3 Å². The minimum atomic E-state index is -1.08. The van der Waals surface area contributed by atoms with Crippen molar-refractivity contribution in [3.8, 4) is 0 Å². The highest BCUT2D eigenvalue weighted by Gasteiger charge is 2.24. The Morgan fingerprint density at radius 1 is 1.12 bits per heavy atom. The Labute approximate surface area is 95.3 Å². The molecule has 0 radical (unpaired) electrons. The number of hydrogen-bond acceptors (Lipinski definition) is 2. The summed E-state index contributed by atoms with van der Waals surface area (Å²) in [5.41, 5.74) is 0. The first-order chi connectivity index (χ1) is 7.51. The van der Waals surface area contributed by atoms with Crippen LogP contribution in [-0.4, -0.2) is 22.2 Å². The maximum absolute atomic E-state index is 10.9. The van der Waals surface area contributed by atoms with Crippen molar-refractivity contribution in [1.29, 1.82) is 0 Å². The molecular weight excluding hydrogens is 208 g/mol. The zero-order valence-electron chi connectivity index (χ0n) is 9.26. The topological polar surface area (TPSA) is 74.6 Å². The molecule has 0 aromatic heterocycles. The lowest BCUT2D eigenvalue weighted by atomic mass is 9.88. The molecule has 0 heterocycles. The van der Waals surface area contributed by atoms with Crippen LogP contribution in [0.25, 0.3) is 0 Å². The molecule has 0 rings (SSSR count). The molecule has 0 aliphatic rings. The third kappa shape index (κ3) is 6.01. The van der Waals surface area contributed by atoms with Gasteiger partial charge in [-0.2, -0.15) is 0 Å². The quantitative estimate of drug-likeness (QED) is 0.592. The maximum Gasteiger partial charge on any atom is 0.307 e. The summed E-state index contributed by atoms with van der Waals surface area (Å²) in [5, 5.41) is 17.5. The van der Waals surface area contributed by atoms with Gasteiger partial charge in [-0.15, -0.1) is 13.2 Å². The SMILES string of the molecule is C=CCC(CC=C)CC(CC(=O)O)C(=O)O. The van der Waals surface area contributed by atoms with Crippen LogP contribution >= 0.6 is 0 Å². The van der Waals surface area contributed by atoms with Gasteiger partial charge in [0.05, 0.1) is 12.3 Å². The largest absolute Gasteiger partial charge is 0.481 e. The number of aliphatic carboxylic acids is 2. The molecule has 0 saturated heterocycles. The van der Waals surface area contributed by atoms with Gasteiger partial charge in [-0.05, 0) is 25.2 Å². The van der Waals surface area contributed by atoms with Crippen molar-refractivity contribution in [2.24, 2.45) is 11.8 Å². The molecule has 0 aromatic carbocycles. The van der Waals surface area contributed by atoms with Crippen LogP contribution in [0.3, 0.4) is 0 Å². The average molecular weight is 226 g/mol. The molecule has 4 heteroatoms. The number of allylic oxidation sites excluding steroid dienone is 2. The van der Waals surface area contributed by atoms with Crippen LogP contribution in [-0.2, 0) is 9.59 Å². The first kappa shape index (κ1) is 14.4. The lowest BCUT2D eigenvalue weighted by molar-refractivity contribution is -0.148. The van der Waals surface area contributed by atoms with E-state index in [-0.39, 0.29) is 12.3 Å². The van der Waals surface area contributed by atoms with E-state index in [1.165, 1.54) is 0 Å². The molecule has 0 bridgehead atoms. The second kappa shape index (κ2) is 7.68. The summed E-state index contributed by atoms with van der Waals surface area (Å²) >= 11 is 0. The Kier molecular flexibility index (Phi) is 6.92. The summed E-state index contributed by atoms with van der Waals surface area (Å²) in [6.07, 6.45) is 4.80. The predicted molar refractivity (Wildman–Crippen MR) is 61.1 cm³/mol. The van der Waals surface area contributed by atoms with Gasteiger partial charge in [0.15, 0.2) is 0 Å². The first-order valence-electron chi connectivity index (χ1n) is 5.17. The summed E-state index contributed by atoms with van der Waals surface area (Å²) in [6.45, 7) is 7.20. The molecule has 0 amide bonds. The lowest BCUT2D eigenvalue weighted by Gasteiger charge is -2.17. The number of rotatable bonds is 9. The Bertz CT molecular complexity index is 260. The van der Waals surface area contributed by atoms with Crippen molar-refractivity contribution in [3.63, 3.8) is 0 Å².